The second-order valence-corrected chi connectivity index (χ2v) is 3.89. The lowest BCUT2D eigenvalue weighted by molar-refractivity contribution is 0.449. The quantitative estimate of drug-likeness (QED) is 0.394. The van der Waals surface area contributed by atoms with E-state index in [2.05, 4.69) is 32.6 Å². The molecule has 0 heteroatoms. The Morgan fingerprint density at radius 1 is 1.14 bits per heavy atom. The van der Waals surface area contributed by atoms with Gasteiger partial charge in [0.25, 0.3) is 0 Å². The van der Waals surface area contributed by atoms with Crippen molar-refractivity contribution >= 4 is 0 Å². The minimum atomic E-state index is 0.795. The predicted molar refractivity (Wildman–Crippen MR) is 64.6 cm³/mol. The van der Waals surface area contributed by atoms with Gasteiger partial charge in [-0.15, -0.1) is 11.8 Å². The van der Waals surface area contributed by atoms with Crippen molar-refractivity contribution in [1.82, 2.24) is 0 Å². The standard InChI is InChI=1S/C14H24/c1-4-7-9-10-11-13-14(6-3)12-8-5-2/h14H,1-2,4,6-7,9-13H2,3H3. The van der Waals surface area contributed by atoms with Crippen molar-refractivity contribution in [1.29, 1.82) is 0 Å². The average molecular weight is 192 g/mol. The molecule has 0 aliphatic heterocycles. The van der Waals surface area contributed by atoms with Crippen LogP contribution in [0.25, 0.3) is 0 Å². The molecule has 0 heterocycles. The molecule has 14 heavy (non-hydrogen) atoms. The second-order valence-electron chi connectivity index (χ2n) is 3.89. The smallest absolute Gasteiger partial charge is 0.0198 e. The molecule has 0 amide bonds. The van der Waals surface area contributed by atoms with Crippen molar-refractivity contribution in [2.45, 2.75) is 58.3 Å². The van der Waals surface area contributed by atoms with Gasteiger partial charge in [-0.25, -0.2) is 0 Å². The molecule has 0 spiro atoms. The fourth-order valence-electron chi connectivity index (χ4n) is 1.63. The highest BCUT2D eigenvalue weighted by Crippen LogP contribution is 2.17. The monoisotopic (exact) mass is 192 g/mol. The van der Waals surface area contributed by atoms with E-state index < -0.39 is 0 Å². The maximum Gasteiger partial charge on any atom is 0.0198 e. The Labute approximate surface area is 90.5 Å². The van der Waals surface area contributed by atoms with Gasteiger partial charge in [-0.1, -0.05) is 52.4 Å². The van der Waals surface area contributed by atoms with Gasteiger partial charge in [0.05, 0.1) is 0 Å². The summed E-state index contributed by atoms with van der Waals surface area (Å²) < 4.78 is 0. The van der Waals surface area contributed by atoms with Gasteiger partial charge in [0.15, 0.2) is 0 Å². The normalized spacial score (nSPS) is 11.9. The molecular weight excluding hydrogens is 168 g/mol. The molecule has 0 aromatic rings. The molecule has 1 unspecified atom stereocenters. The summed E-state index contributed by atoms with van der Waals surface area (Å²) in [6.45, 7) is 9.65. The number of hydrogen-bond donors (Lipinski definition) is 0. The Morgan fingerprint density at radius 2 is 1.86 bits per heavy atom. The van der Waals surface area contributed by atoms with Crippen LogP contribution in [0.3, 0.4) is 0 Å². The number of hydrogen-bond acceptors (Lipinski definition) is 0. The van der Waals surface area contributed by atoms with Gasteiger partial charge in [0, 0.05) is 13.3 Å². The minimum absolute atomic E-state index is 0.795. The third kappa shape index (κ3) is 8.17. The van der Waals surface area contributed by atoms with E-state index in [4.69, 9.17) is 0 Å². The summed E-state index contributed by atoms with van der Waals surface area (Å²) in [6, 6.07) is 0. The van der Waals surface area contributed by atoms with Gasteiger partial charge in [-0.2, -0.15) is 0 Å². The first-order valence-corrected chi connectivity index (χ1v) is 5.89. The van der Waals surface area contributed by atoms with Crippen LogP contribution in [0.4, 0.5) is 0 Å². The van der Waals surface area contributed by atoms with Crippen LogP contribution in [0, 0.1) is 31.6 Å². The van der Waals surface area contributed by atoms with Gasteiger partial charge in [-0.05, 0) is 12.3 Å². The van der Waals surface area contributed by atoms with Crippen LogP contribution in [-0.2, 0) is 0 Å². The molecule has 0 bridgehead atoms. The van der Waals surface area contributed by atoms with Crippen molar-refractivity contribution in [2.75, 3.05) is 0 Å². The molecule has 80 valence electrons. The first-order chi connectivity index (χ1) is 6.85. The Morgan fingerprint density at radius 3 is 2.43 bits per heavy atom. The maximum atomic E-state index is 3.85. The SMILES string of the molecule is [CH2]C#CCC(CC)CCCCCC[CH2]. The van der Waals surface area contributed by atoms with Crippen molar-refractivity contribution < 1.29 is 0 Å². The van der Waals surface area contributed by atoms with Gasteiger partial charge in [-0.3, -0.25) is 0 Å². The Kier molecular flexibility index (Phi) is 10.3. The highest BCUT2D eigenvalue weighted by atomic mass is 14.1. The second kappa shape index (κ2) is 10.6. The van der Waals surface area contributed by atoms with E-state index >= 15 is 0 Å². The summed E-state index contributed by atoms with van der Waals surface area (Å²) in [4.78, 5) is 0. The Balaban J connectivity index is 3.36. The predicted octanol–water partition coefficient (Wildman–Crippen LogP) is 4.41. The topological polar surface area (TPSA) is 0 Å². The fraction of sp³-hybridized carbons (Fsp3) is 0.714. The van der Waals surface area contributed by atoms with Gasteiger partial charge >= 0.3 is 0 Å². The summed E-state index contributed by atoms with van der Waals surface area (Å²) in [5, 5.41) is 0. The summed E-state index contributed by atoms with van der Waals surface area (Å²) in [5.41, 5.74) is 0. The van der Waals surface area contributed by atoms with E-state index in [9.17, 15) is 0 Å². The number of rotatable bonds is 8. The van der Waals surface area contributed by atoms with Crippen LogP contribution in [0.1, 0.15) is 58.3 Å². The highest BCUT2D eigenvalue weighted by Gasteiger charge is 2.03. The fourth-order valence-corrected chi connectivity index (χ4v) is 1.63. The largest absolute Gasteiger partial charge is 0.103 e. The van der Waals surface area contributed by atoms with Crippen LogP contribution >= 0.6 is 0 Å². The van der Waals surface area contributed by atoms with Crippen LogP contribution in [0.2, 0.25) is 0 Å². The lowest BCUT2D eigenvalue weighted by Crippen LogP contribution is -1.97. The van der Waals surface area contributed by atoms with Crippen LogP contribution < -0.4 is 0 Å². The van der Waals surface area contributed by atoms with E-state index in [0.717, 1.165) is 18.8 Å². The zero-order valence-electron chi connectivity index (χ0n) is 9.65. The summed E-state index contributed by atoms with van der Waals surface area (Å²) in [7, 11) is 0. The molecule has 0 nitrogen and oxygen atoms in total. The molecular formula is C14H24. The Hall–Kier alpha value is -0.440. The molecule has 0 saturated heterocycles. The molecule has 1 atom stereocenters. The first kappa shape index (κ1) is 13.6. The molecule has 0 fully saturated rings. The summed E-state index contributed by atoms with van der Waals surface area (Å²) >= 11 is 0. The van der Waals surface area contributed by atoms with E-state index in [1.807, 2.05) is 0 Å². The van der Waals surface area contributed by atoms with Gasteiger partial charge < -0.3 is 0 Å². The molecule has 0 saturated carbocycles. The molecule has 0 N–H and O–H groups in total. The third-order valence-electron chi connectivity index (χ3n) is 2.71. The van der Waals surface area contributed by atoms with E-state index in [1.165, 1.54) is 38.5 Å². The molecule has 0 aliphatic carbocycles. The van der Waals surface area contributed by atoms with E-state index in [-0.39, 0.29) is 0 Å². The molecule has 2 radical (unpaired) electrons. The zero-order chi connectivity index (χ0) is 10.6. The summed E-state index contributed by atoms with van der Waals surface area (Å²) in [5.74, 6) is 6.61. The Bertz CT molecular complexity index is 159. The van der Waals surface area contributed by atoms with E-state index in [1.54, 1.807) is 0 Å². The highest BCUT2D eigenvalue weighted by molar-refractivity contribution is 5.02. The van der Waals surface area contributed by atoms with Crippen molar-refractivity contribution in [3.05, 3.63) is 13.8 Å². The van der Waals surface area contributed by atoms with Crippen molar-refractivity contribution in [3.8, 4) is 11.8 Å². The maximum absolute atomic E-state index is 3.85. The minimum Gasteiger partial charge on any atom is -0.103 e. The van der Waals surface area contributed by atoms with Crippen molar-refractivity contribution in [3.63, 3.8) is 0 Å². The van der Waals surface area contributed by atoms with Crippen LogP contribution in [-0.4, -0.2) is 0 Å². The summed E-state index contributed by atoms with van der Waals surface area (Å²) in [6.07, 6.45) is 10.1. The van der Waals surface area contributed by atoms with Crippen molar-refractivity contribution in [2.24, 2.45) is 5.92 Å². The van der Waals surface area contributed by atoms with Gasteiger partial charge in [0.1, 0.15) is 0 Å². The van der Waals surface area contributed by atoms with Gasteiger partial charge in [0.2, 0.25) is 0 Å². The van der Waals surface area contributed by atoms with Crippen LogP contribution in [0.5, 0.6) is 0 Å². The zero-order valence-corrected chi connectivity index (χ0v) is 9.65. The molecule has 0 aromatic carbocycles. The molecule has 0 aromatic heterocycles. The average Bonchev–Trinajstić information content (AvgIpc) is 2.22. The molecule has 0 rings (SSSR count). The third-order valence-corrected chi connectivity index (χ3v) is 2.71. The van der Waals surface area contributed by atoms with E-state index in [0.29, 0.717) is 0 Å². The lowest BCUT2D eigenvalue weighted by atomic mass is 9.95. The molecule has 0 aliphatic rings. The lowest BCUT2D eigenvalue weighted by Gasteiger charge is -2.10. The first-order valence-electron chi connectivity index (χ1n) is 5.89. The van der Waals surface area contributed by atoms with Crippen LogP contribution in [0.15, 0.2) is 0 Å². The number of unbranched alkanes of at least 4 members (excludes halogenated alkanes) is 4.